The summed E-state index contributed by atoms with van der Waals surface area (Å²) in [6.45, 7) is 1.71. The Morgan fingerprint density at radius 1 is 0.808 bits per heavy atom. The molecule has 0 aliphatic heterocycles. The summed E-state index contributed by atoms with van der Waals surface area (Å²) in [7, 11) is 0. The molecule has 0 aromatic heterocycles. The summed E-state index contributed by atoms with van der Waals surface area (Å²) < 4.78 is 5.76. The SMILES string of the molecule is C[C@H](Oc1cccc(NC(=O)c2ccccc2)c1)C(=O)c1ccccc1. The van der Waals surface area contributed by atoms with E-state index in [1.165, 1.54) is 0 Å². The highest BCUT2D eigenvalue weighted by molar-refractivity contribution is 6.04. The zero-order valence-electron chi connectivity index (χ0n) is 14.4. The number of benzene rings is 3. The van der Waals surface area contributed by atoms with Gasteiger partial charge in [-0.3, -0.25) is 9.59 Å². The van der Waals surface area contributed by atoms with E-state index in [1.807, 2.05) is 36.4 Å². The number of carbonyl (C=O) groups is 2. The van der Waals surface area contributed by atoms with E-state index in [1.54, 1.807) is 55.5 Å². The minimum Gasteiger partial charge on any atom is -0.482 e. The number of Topliss-reactive ketones (excluding diaryl/α,β-unsaturated/α-hetero) is 1. The van der Waals surface area contributed by atoms with Gasteiger partial charge in [0.05, 0.1) is 0 Å². The van der Waals surface area contributed by atoms with E-state index < -0.39 is 6.10 Å². The van der Waals surface area contributed by atoms with E-state index in [4.69, 9.17) is 4.74 Å². The lowest BCUT2D eigenvalue weighted by molar-refractivity contribution is 0.0818. The lowest BCUT2D eigenvalue weighted by Crippen LogP contribution is -2.23. The number of ketones is 1. The Morgan fingerprint density at radius 2 is 1.42 bits per heavy atom. The van der Waals surface area contributed by atoms with Crippen LogP contribution < -0.4 is 10.1 Å². The minimum absolute atomic E-state index is 0.0932. The van der Waals surface area contributed by atoms with Crippen LogP contribution in [0.1, 0.15) is 27.6 Å². The van der Waals surface area contributed by atoms with Gasteiger partial charge >= 0.3 is 0 Å². The molecular formula is C22H19NO3. The van der Waals surface area contributed by atoms with Crippen molar-refractivity contribution in [1.29, 1.82) is 0 Å². The van der Waals surface area contributed by atoms with Crippen molar-refractivity contribution in [2.45, 2.75) is 13.0 Å². The predicted octanol–water partition coefficient (Wildman–Crippen LogP) is 4.59. The maximum Gasteiger partial charge on any atom is 0.255 e. The average molecular weight is 345 g/mol. The smallest absolute Gasteiger partial charge is 0.255 e. The fourth-order valence-corrected chi connectivity index (χ4v) is 2.53. The maximum atomic E-state index is 12.4. The molecule has 0 aliphatic rings. The van der Waals surface area contributed by atoms with Crippen LogP contribution in [0.15, 0.2) is 84.9 Å². The van der Waals surface area contributed by atoms with Gasteiger partial charge in [0.15, 0.2) is 6.10 Å². The number of hydrogen-bond donors (Lipinski definition) is 1. The highest BCUT2D eigenvalue weighted by atomic mass is 16.5. The van der Waals surface area contributed by atoms with Crippen LogP contribution in [-0.2, 0) is 0 Å². The molecule has 0 unspecified atom stereocenters. The summed E-state index contributed by atoms with van der Waals surface area (Å²) >= 11 is 0. The Kier molecular flexibility index (Phi) is 5.44. The second-order valence-electron chi connectivity index (χ2n) is 5.84. The first-order chi connectivity index (χ1) is 12.6. The Balaban J connectivity index is 1.67. The quantitative estimate of drug-likeness (QED) is 0.665. The van der Waals surface area contributed by atoms with E-state index in [0.29, 0.717) is 22.6 Å². The van der Waals surface area contributed by atoms with Gasteiger partial charge in [0.25, 0.3) is 5.91 Å². The molecule has 3 aromatic rings. The Bertz CT molecular complexity index is 892. The molecule has 4 nitrogen and oxygen atoms in total. The molecule has 1 N–H and O–H groups in total. The summed E-state index contributed by atoms with van der Waals surface area (Å²) in [5.74, 6) is 0.230. The molecule has 130 valence electrons. The average Bonchev–Trinajstić information content (AvgIpc) is 2.69. The Morgan fingerprint density at radius 3 is 2.08 bits per heavy atom. The first-order valence-corrected chi connectivity index (χ1v) is 8.36. The van der Waals surface area contributed by atoms with Crippen LogP contribution in [0.25, 0.3) is 0 Å². The van der Waals surface area contributed by atoms with E-state index in [2.05, 4.69) is 5.32 Å². The maximum absolute atomic E-state index is 12.4. The summed E-state index contributed by atoms with van der Waals surface area (Å²) in [5.41, 5.74) is 1.79. The first kappa shape index (κ1) is 17.4. The highest BCUT2D eigenvalue weighted by Crippen LogP contribution is 2.20. The summed E-state index contributed by atoms with van der Waals surface area (Å²) in [4.78, 5) is 24.6. The fraction of sp³-hybridized carbons (Fsp3) is 0.0909. The predicted molar refractivity (Wildman–Crippen MR) is 102 cm³/mol. The number of carbonyl (C=O) groups excluding carboxylic acids is 2. The number of rotatable bonds is 6. The van der Waals surface area contributed by atoms with Crippen LogP contribution >= 0.6 is 0 Å². The van der Waals surface area contributed by atoms with Gasteiger partial charge in [0.1, 0.15) is 5.75 Å². The van der Waals surface area contributed by atoms with Gasteiger partial charge < -0.3 is 10.1 Å². The normalized spacial score (nSPS) is 11.4. The molecule has 0 aliphatic carbocycles. The van der Waals surface area contributed by atoms with Crippen molar-refractivity contribution in [1.82, 2.24) is 0 Å². The number of anilines is 1. The molecule has 0 heterocycles. The van der Waals surface area contributed by atoms with Crippen LogP contribution in [-0.4, -0.2) is 17.8 Å². The summed E-state index contributed by atoms with van der Waals surface area (Å²) in [6.07, 6.45) is -0.627. The van der Waals surface area contributed by atoms with Crippen LogP contribution in [0.2, 0.25) is 0 Å². The van der Waals surface area contributed by atoms with Gasteiger partial charge in [0, 0.05) is 22.9 Å². The van der Waals surface area contributed by atoms with Crippen molar-refractivity contribution in [3.8, 4) is 5.75 Å². The Hall–Kier alpha value is -3.40. The molecule has 0 fully saturated rings. The zero-order valence-corrected chi connectivity index (χ0v) is 14.4. The second kappa shape index (κ2) is 8.12. The van der Waals surface area contributed by atoms with Crippen molar-refractivity contribution in [3.63, 3.8) is 0 Å². The van der Waals surface area contributed by atoms with Crippen LogP contribution in [0.4, 0.5) is 5.69 Å². The summed E-state index contributed by atoms with van der Waals surface area (Å²) in [5, 5.41) is 2.83. The third-order valence-electron chi connectivity index (χ3n) is 3.87. The second-order valence-corrected chi connectivity index (χ2v) is 5.84. The van der Waals surface area contributed by atoms with Gasteiger partial charge in [0.2, 0.25) is 5.78 Å². The van der Waals surface area contributed by atoms with Crippen molar-refractivity contribution in [2.24, 2.45) is 0 Å². The summed E-state index contributed by atoms with van der Waals surface area (Å²) in [6, 6.07) is 25.0. The van der Waals surface area contributed by atoms with E-state index in [9.17, 15) is 9.59 Å². The van der Waals surface area contributed by atoms with Crippen LogP contribution in [0, 0.1) is 0 Å². The lowest BCUT2D eigenvalue weighted by atomic mass is 10.1. The van der Waals surface area contributed by atoms with Gasteiger partial charge in [-0.25, -0.2) is 0 Å². The third-order valence-corrected chi connectivity index (χ3v) is 3.87. The van der Waals surface area contributed by atoms with Gasteiger partial charge in [-0.1, -0.05) is 54.6 Å². The molecular weight excluding hydrogens is 326 g/mol. The van der Waals surface area contributed by atoms with Gasteiger partial charge in [-0.2, -0.15) is 0 Å². The number of ether oxygens (including phenoxy) is 1. The molecule has 1 amide bonds. The van der Waals surface area contributed by atoms with E-state index in [-0.39, 0.29) is 11.7 Å². The minimum atomic E-state index is -0.627. The molecule has 26 heavy (non-hydrogen) atoms. The van der Waals surface area contributed by atoms with Crippen molar-refractivity contribution in [3.05, 3.63) is 96.1 Å². The Labute approximate surface area is 152 Å². The monoisotopic (exact) mass is 345 g/mol. The fourth-order valence-electron chi connectivity index (χ4n) is 2.53. The van der Waals surface area contributed by atoms with Crippen LogP contribution in [0.5, 0.6) is 5.75 Å². The lowest BCUT2D eigenvalue weighted by Gasteiger charge is -2.15. The molecule has 0 radical (unpaired) electrons. The third kappa shape index (κ3) is 4.36. The molecule has 0 saturated carbocycles. The topological polar surface area (TPSA) is 55.4 Å². The largest absolute Gasteiger partial charge is 0.482 e. The highest BCUT2D eigenvalue weighted by Gasteiger charge is 2.16. The standard InChI is InChI=1S/C22H19NO3/c1-16(21(24)17-9-4-2-5-10-17)26-20-14-8-13-19(15-20)23-22(25)18-11-6-3-7-12-18/h2-16H,1H3,(H,23,25)/t16-/m0/s1. The van der Waals surface area contributed by atoms with Gasteiger partial charge in [-0.05, 0) is 31.2 Å². The molecule has 3 aromatic carbocycles. The van der Waals surface area contributed by atoms with Crippen molar-refractivity contribution in [2.75, 3.05) is 5.32 Å². The van der Waals surface area contributed by atoms with Crippen LogP contribution in [0.3, 0.4) is 0 Å². The molecule has 0 saturated heterocycles. The molecule has 0 spiro atoms. The van der Waals surface area contributed by atoms with E-state index in [0.717, 1.165) is 0 Å². The van der Waals surface area contributed by atoms with E-state index >= 15 is 0 Å². The number of nitrogens with one attached hydrogen (secondary N) is 1. The molecule has 3 rings (SSSR count). The number of hydrogen-bond acceptors (Lipinski definition) is 3. The number of amides is 1. The van der Waals surface area contributed by atoms with Gasteiger partial charge in [-0.15, -0.1) is 0 Å². The zero-order chi connectivity index (χ0) is 18.4. The molecule has 1 atom stereocenters. The van der Waals surface area contributed by atoms with Crippen molar-refractivity contribution >= 4 is 17.4 Å². The molecule has 4 heteroatoms. The molecule has 0 bridgehead atoms. The first-order valence-electron chi connectivity index (χ1n) is 8.36. The van der Waals surface area contributed by atoms with Crippen molar-refractivity contribution < 1.29 is 14.3 Å².